The summed E-state index contributed by atoms with van der Waals surface area (Å²) in [5, 5.41) is 4.27. The summed E-state index contributed by atoms with van der Waals surface area (Å²) in [6, 6.07) is 18.6. The van der Waals surface area contributed by atoms with Gasteiger partial charge in [0.15, 0.2) is 0 Å². The SMILES string of the molecule is CC1(C)CC(NC(=O)c2ccc3c(ccn3Cc3ccccc3)c2)CCO1. The lowest BCUT2D eigenvalue weighted by atomic mass is 9.93. The number of amides is 1. The van der Waals surface area contributed by atoms with Crippen molar-refractivity contribution in [3.8, 4) is 0 Å². The van der Waals surface area contributed by atoms with E-state index in [9.17, 15) is 4.79 Å². The van der Waals surface area contributed by atoms with Crippen molar-refractivity contribution in [1.82, 2.24) is 9.88 Å². The molecule has 1 aliphatic rings. The third-order valence-corrected chi connectivity index (χ3v) is 5.26. The van der Waals surface area contributed by atoms with Gasteiger partial charge in [0, 0.05) is 41.9 Å². The number of aromatic nitrogens is 1. The lowest BCUT2D eigenvalue weighted by Gasteiger charge is -2.35. The molecule has 4 heteroatoms. The van der Waals surface area contributed by atoms with Crippen molar-refractivity contribution in [2.24, 2.45) is 0 Å². The minimum Gasteiger partial charge on any atom is -0.375 e. The number of fused-ring (bicyclic) bond motifs is 1. The second-order valence-corrected chi connectivity index (χ2v) is 7.97. The largest absolute Gasteiger partial charge is 0.375 e. The zero-order valence-corrected chi connectivity index (χ0v) is 15.9. The van der Waals surface area contributed by atoms with Crippen LogP contribution in [-0.4, -0.2) is 28.7 Å². The molecule has 2 aromatic carbocycles. The highest BCUT2D eigenvalue weighted by molar-refractivity contribution is 5.98. The molecule has 1 unspecified atom stereocenters. The molecule has 27 heavy (non-hydrogen) atoms. The van der Waals surface area contributed by atoms with Crippen LogP contribution in [0.25, 0.3) is 10.9 Å². The summed E-state index contributed by atoms with van der Waals surface area (Å²) in [6.45, 7) is 5.67. The van der Waals surface area contributed by atoms with Gasteiger partial charge >= 0.3 is 0 Å². The van der Waals surface area contributed by atoms with Gasteiger partial charge < -0.3 is 14.6 Å². The maximum absolute atomic E-state index is 12.7. The van der Waals surface area contributed by atoms with E-state index >= 15 is 0 Å². The number of benzene rings is 2. The van der Waals surface area contributed by atoms with Crippen LogP contribution in [-0.2, 0) is 11.3 Å². The molecule has 0 spiro atoms. The minimum atomic E-state index is -0.172. The zero-order valence-electron chi connectivity index (χ0n) is 15.9. The lowest BCUT2D eigenvalue weighted by Crippen LogP contribution is -2.45. The van der Waals surface area contributed by atoms with Crippen LogP contribution in [0.5, 0.6) is 0 Å². The molecular weight excluding hydrogens is 336 g/mol. The fourth-order valence-corrected chi connectivity index (χ4v) is 3.88. The first-order valence-corrected chi connectivity index (χ1v) is 9.58. The Kier molecular flexibility index (Phi) is 4.75. The first-order chi connectivity index (χ1) is 13.0. The molecule has 0 aliphatic carbocycles. The monoisotopic (exact) mass is 362 g/mol. The van der Waals surface area contributed by atoms with Gasteiger partial charge in [0.25, 0.3) is 5.91 Å². The van der Waals surface area contributed by atoms with Gasteiger partial charge in [0.05, 0.1) is 5.60 Å². The number of nitrogens with one attached hydrogen (secondary N) is 1. The molecule has 0 bridgehead atoms. The normalized spacial score (nSPS) is 19.1. The molecular formula is C23H26N2O2. The Morgan fingerprint density at radius 3 is 2.78 bits per heavy atom. The summed E-state index contributed by atoms with van der Waals surface area (Å²) in [7, 11) is 0. The van der Waals surface area contributed by atoms with E-state index in [4.69, 9.17) is 4.74 Å². The first kappa shape index (κ1) is 17.8. The third-order valence-electron chi connectivity index (χ3n) is 5.26. The van der Waals surface area contributed by atoms with E-state index in [1.54, 1.807) is 0 Å². The van der Waals surface area contributed by atoms with Crippen LogP contribution in [0.1, 0.15) is 42.6 Å². The Bertz CT molecular complexity index is 943. The van der Waals surface area contributed by atoms with Crippen molar-refractivity contribution in [2.45, 2.75) is 44.9 Å². The Morgan fingerprint density at radius 2 is 2.00 bits per heavy atom. The summed E-state index contributed by atoms with van der Waals surface area (Å²) in [4.78, 5) is 12.7. The molecule has 1 atom stereocenters. The highest BCUT2D eigenvalue weighted by Crippen LogP contribution is 2.24. The van der Waals surface area contributed by atoms with Crippen molar-refractivity contribution < 1.29 is 9.53 Å². The molecule has 1 saturated heterocycles. The Morgan fingerprint density at radius 1 is 1.19 bits per heavy atom. The molecule has 1 fully saturated rings. The molecule has 1 aliphatic heterocycles. The van der Waals surface area contributed by atoms with E-state index in [1.807, 2.05) is 24.3 Å². The van der Waals surface area contributed by atoms with E-state index in [0.717, 1.165) is 30.3 Å². The maximum atomic E-state index is 12.7. The van der Waals surface area contributed by atoms with Crippen molar-refractivity contribution in [3.63, 3.8) is 0 Å². The zero-order chi connectivity index (χ0) is 18.9. The quantitative estimate of drug-likeness (QED) is 0.749. The van der Waals surface area contributed by atoms with Crippen LogP contribution in [0.15, 0.2) is 60.8 Å². The molecule has 1 amide bonds. The molecule has 1 aromatic heterocycles. The highest BCUT2D eigenvalue weighted by atomic mass is 16.5. The summed E-state index contributed by atoms with van der Waals surface area (Å²) in [6.07, 6.45) is 3.79. The minimum absolute atomic E-state index is 0.00425. The van der Waals surface area contributed by atoms with Crippen molar-refractivity contribution in [3.05, 3.63) is 71.9 Å². The molecule has 4 rings (SSSR count). The summed E-state index contributed by atoms with van der Waals surface area (Å²) in [5.74, 6) is -0.00425. The second kappa shape index (κ2) is 7.20. The van der Waals surface area contributed by atoms with Gasteiger partial charge in [-0.15, -0.1) is 0 Å². The lowest BCUT2D eigenvalue weighted by molar-refractivity contribution is -0.0615. The third kappa shape index (κ3) is 4.06. The van der Waals surface area contributed by atoms with Crippen molar-refractivity contribution in [2.75, 3.05) is 6.61 Å². The average molecular weight is 362 g/mol. The topological polar surface area (TPSA) is 43.3 Å². The number of carbonyl (C=O) groups excluding carboxylic acids is 1. The predicted octanol–water partition coefficient (Wildman–Crippen LogP) is 4.38. The van der Waals surface area contributed by atoms with E-state index in [0.29, 0.717) is 12.2 Å². The van der Waals surface area contributed by atoms with Gasteiger partial charge in [0.2, 0.25) is 0 Å². The van der Waals surface area contributed by atoms with Crippen LogP contribution in [0.3, 0.4) is 0 Å². The number of hydrogen-bond donors (Lipinski definition) is 1. The molecule has 0 radical (unpaired) electrons. The average Bonchev–Trinajstić information content (AvgIpc) is 3.04. The van der Waals surface area contributed by atoms with Crippen molar-refractivity contribution >= 4 is 16.8 Å². The summed E-state index contributed by atoms with van der Waals surface area (Å²) < 4.78 is 7.95. The van der Waals surface area contributed by atoms with Gasteiger partial charge in [-0.25, -0.2) is 0 Å². The van der Waals surface area contributed by atoms with Gasteiger partial charge in [-0.1, -0.05) is 30.3 Å². The van der Waals surface area contributed by atoms with E-state index in [-0.39, 0.29) is 17.6 Å². The number of ether oxygens (including phenoxy) is 1. The summed E-state index contributed by atoms with van der Waals surface area (Å²) >= 11 is 0. The van der Waals surface area contributed by atoms with Crippen molar-refractivity contribution in [1.29, 1.82) is 0 Å². The molecule has 0 saturated carbocycles. The molecule has 3 aromatic rings. The fourth-order valence-electron chi connectivity index (χ4n) is 3.88. The van der Waals surface area contributed by atoms with Crippen LogP contribution < -0.4 is 5.32 Å². The smallest absolute Gasteiger partial charge is 0.251 e. The Hall–Kier alpha value is -2.59. The van der Waals surface area contributed by atoms with Gasteiger partial charge in [-0.2, -0.15) is 0 Å². The number of hydrogen-bond acceptors (Lipinski definition) is 2. The Labute approximate surface area is 160 Å². The van der Waals surface area contributed by atoms with Gasteiger partial charge in [-0.05, 0) is 56.5 Å². The van der Waals surface area contributed by atoms with E-state index in [2.05, 4.69) is 60.3 Å². The molecule has 4 nitrogen and oxygen atoms in total. The standard InChI is InChI=1S/C23H26N2O2/c1-23(2)15-20(11-13-27-23)24-22(26)19-8-9-21-18(14-19)10-12-25(21)16-17-6-4-3-5-7-17/h3-10,12,14,20H,11,13,15-16H2,1-2H3,(H,24,26). The molecule has 140 valence electrons. The predicted molar refractivity (Wildman–Crippen MR) is 108 cm³/mol. The molecule has 2 heterocycles. The summed E-state index contributed by atoms with van der Waals surface area (Å²) in [5.41, 5.74) is 2.94. The van der Waals surface area contributed by atoms with Crippen LogP contribution >= 0.6 is 0 Å². The maximum Gasteiger partial charge on any atom is 0.251 e. The van der Waals surface area contributed by atoms with E-state index < -0.39 is 0 Å². The molecule has 1 N–H and O–H groups in total. The Balaban J connectivity index is 1.49. The van der Waals surface area contributed by atoms with Crippen LogP contribution in [0.2, 0.25) is 0 Å². The fraction of sp³-hybridized carbons (Fsp3) is 0.348. The van der Waals surface area contributed by atoms with Gasteiger partial charge in [0.1, 0.15) is 0 Å². The number of nitrogens with zero attached hydrogens (tertiary/aromatic N) is 1. The number of rotatable bonds is 4. The van der Waals surface area contributed by atoms with Crippen LogP contribution in [0.4, 0.5) is 0 Å². The second-order valence-electron chi connectivity index (χ2n) is 7.97. The van der Waals surface area contributed by atoms with Crippen LogP contribution in [0, 0.1) is 0 Å². The highest BCUT2D eigenvalue weighted by Gasteiger charge is 2.29. The number of carbonyl (C=O) groups is 1. The van der Waals surface area contributed by atoms with E-state index in [1.165, 1.54) is 5.56 Å². The van der Waals surface area contributed by atoms with Gasteiger partial charge in [-0.3, -0.25) is 4.79 Å². The first-order valence-electron chi connectivity index (χ1n) is 9.58.